The van der Waals surface area contributed by atoms with E-state index in [1.54, 1.807) is 41.3 Å². The Balaban J connectivity index is 1.39. The monoisotopic (exact) mass is 436 g/mol. The van der Waals surface area contributed by atoms with E-state index in [-0.39, 0.29) is 10.8 Å². The van der Waals surface area contributed by atoms with Crippen molar-refractivity contribution in [2.75, 3.05) is 16.2 Å². The van der Waals surface area contributed by atoms with Crippen LogP contribution in [-0.4, -0.2) is 20.9 Å². The summed E-state index contributed by atoms with van der Waals surface area (Å²) in [5, 5.41) is 0. The summed E-state index contributed by atoms with van der Waals surface area (Å²) in [6.45, 7) is 1.11. The third kappa shape index (κ3) is 5.24. The van der Waals surface area contributed by atoms with Gasteiger partial charge in [0.2, 0.25) is 5.91 Å². The van der Waals surface area contributed by atoms with Crippen molar-refractivity contribution in [3.63, 3.8) is 0 Å². The van der Waals surface area contributed by atoms with Gasteiger partial charge in [-0.25, -0.2) is 8.42 Å². The fraction of sp³-hybridized carbons (Fsp3) is 0.208. The highest BCUT2D eigenvalue weighted by atomic mass is 32.2. The molecule has 0 bridgehead atoms. The Kier molecular flexibility index (Phi) is 6.23. The Morgan fingerprint density at radius 3 is 2.26 bits per heavy atom. The summed E-state index contributed by atoms with van der Waals surface area (Å²) in [5.41, 5.74) is 2.23. The van der Waals surface area contributed by atoms with E-state index in [1.165, 1.54) is 12.1 Å². The molecule has 6 nitrogen and oxygen atoms in total. The van der Waals surface area contributed by atoms with Crippen molar-refractivity contribution in [2.24, 2.45) is 0 Å². The highest BCUT2D eigenvalue weighted by Crippen LogP contribution is 2.24. The maximum absolute atomic E-state index is 12.7. The molecule has 1 N–H and O–H groups in total. The number of carbonyl (C=O) groups is 1. The molecule has 0 spiro atoms. The molecular formula is C24H24N2O4S. The summed E-state index contributed by atoms with van der Waals surface area (Å²) >= 11 is 0. The molecule has 1 aliphatic rings. The van der Waals surface area contributed by atoms with Gasteiger partial charge in [-0.1, -0.05) is 30.3 Å². The van der Waals surface area contributed by atoms with Crippen molar-refractivity contribution in [3.8, 4) is 5.75 Å². The molecule has 0 unspecified atom stereocenters. The lowest BCUT2D eigenvalue weighted by molar-refractivity contribution is -0.119. The molecule has 0 saturated carbocycles. The second-order valence-corrected chi connectivity index (χ2v) is 9.08. The molecule has 1 amide bonds. The van der Waals surface area contributed by atoms with Crippen molar-refractivity contribution in [1.29, 1.82) is 0 Å². The summed E-state index contributed by atoms with van der Waals surface area (Å²) in [5.74, 6) is 0.733. The fourth-order valence-electron chi connectivity index (χ4n) is 3.46. The minimum atomic E-state index is -3.74. The normalized spacial score (nSPS) is 14.3. The van der Waals surface area contributed by atoms with E-state index in [0.717, 1.165) is 24.1 Å². The number of hydrogen-bond acceptors (Lipinski definition) is 4. The first-order valence-electron chi connectivity index (χ1n) is 10.2. The molecule has 0 aliphatic carbocycles. The maximum Gasteiger partial charge on any atom is 0.261 e. The first-order valence-corrected chi connectivity index (χ1v) is 11.7. The molecule has 1 heterocycles. The zero-order chi connectivity index (χ0) is 21.7. The zero-order valence-electron chi connectivity index (χ0n) is 17.0. The van der Waals surface area contributed by atoms with Gasteiger partial charge in [0.05, 0.1) is 4.90 Å². The Morgan fingerprint density at radius 1 is 0.871 bits per heavy atom. The van der Waals surface area contributed by atoms with Gasteiger partial charge in [-0.3, -0.25) is 9.52 Å². The second kappa shape index (κ2) is 9.22. The molecule has 3 aromatic carbocycles. The Labute approximate surface area is 182 Å². The van der Waals surface area contributed by atoms with E-state index < -0.39 is 10.0 Å². The van der Waals surface area contributed by atoms with Gasteiger partial charge in [0.25, 0.3) is 10.0 Å². The number of nitrogens with one attached hydrogen (secondary N) is 1. The SMILES string of the molecule is O=C1CCCCN1c1ccc(S(=O)(=O)Nc2ccc(OCc3ccccc3)cc2)cc1. The smallest absolute Gasteiger partial charge is 0.261 e. The van der Waals surface area contributed by atoms with Gasteiger partial charge in [0.15, 0.2) is 0 Å². The predicted molar refractivity (Wildman–Crippen MR) is 121 cm³/mol. The van der Waals surface area contributed by atoms with Crippen LogP contribution in [0.2, 0.25) is 0 Å². The van der Waals surface area contributed by atoms with Crippen LogP contribution in [0.1, 0.15) is 24.8 Å². The molecule has 31 heavy (non-hydrogen) atoms. The molecular weight excluding hydrogens is 412 g/mol. The number of sulfonamides is 1. The van der Waals surface area contributed by atoms with Gasteiger partial charge in [-0.05, 0) is 66.9 Å². The van der Waals surface area contributed by atoms with Crippen LogP contribution in [0, 0.1) is 0 Å². The number of amides is 1. The molecule has 1 aliphatic heterocycles. The van der Waals surface area contributed by atoms with Crippen LogP contribution in [0.25, 0.3) is 0 Å². The number of carbonyl (C=O) groups excluding carboxylic acids is 1. The molecule has 160 valence electrons. The van der Waals surface area contributed by atoms with Gasteiger partial charge >= 0.3 is 0 Å². The van der Waals surface area contributed by atoms with Crippen LogP contribution in [0.3, 0.4) is 0 Å². The second-order valence-electron chi connectivity index (χ2n) is 7.40. The summed E-state index contributed by atoms with van der Waals surface area (Å²) in [6, 6.07) is 23.0. The Morgan fingerprint density at radius 2 is 1.58 bits per heavy atom. The van der Waals surface area contributed by atoms with Crippen molar-refractivity contribution in [1.82, 2.24) is 0 Å². The van der Waals surface area contributed by atoms with Crippen LogP contribution in [0.5, 0.6) is 5.75 Å². The lowest BCUT2D eigenvalue weighted by Crippen LogP contribution is -2.35. The van der Waals surface area contributed by atoms with Crippen molar-refractivity contribution in [3.05, 3.63) is 84.4 Å². The summed E-state index contributed by atoms with van der Waals surface area (Å²) in [6.07, 6.45) is 2.40. The lowest BCUT2D eigenvalue weighted by atomic mass is 10.1. The van der Waals surface area contributed by atoms with E-state index in [4.69, 9.17) is 4.74 Å². The average molecular weight is 437 g/mol. The number of rotatable bonds is 7. The largest absolute Gasteiger partial charge is 0.489 e. The standard InChI is InChI=1S/C24H24N2O4S/c27-24-8-4-5-17-26(24)21-11-15-23(16-12-21)31(28,29)25-20-9-13-22(14-10-20)30-18-19-6-2-1-3-7-19/h1-3,6-7,9-16,25H,4-5,8,17-18H2. The number of anilines is 2. The molecule has 0 atom stereocenters. The van der Waals surface area contributed by atoms with E-state index in [9.17, 15) is 13.2 Å². The molecule has 0 radical (unpaired) electrons. The van der Waals surface area contributed by atoms with Crippen LogP contribution >= 0.6 is 0 Å². The van der Waals surface area contributed by atoms with Crippen LogP contribution in [0.15, 0.2) is 83.8 Å². The summed E-state index contributed by atoms with van der Waals surface area (Å²) in [7, 11) is -3.74. The van der Waals surface area contributed by atoms with E-state index in [0.29, 0.717) is 31.0 Å². The van der Waals surface area contributed by atoms with Gasteiger partial charge in [0.1, 0.15) is 12.4 Å². The number of hydrogen-bond donors (Lipinski definition) is 1. The molecule has 0 aromatic heterocycles. The van der Waals surface area contributed by atoms with Crippen LogP contribution < -0.4 is 14.4 Å². The van der Waals surface area contributed by atoms with Crippen molar-refractivity contribution < 1.29 is 17.9 Å². The van der Waals surface area contributed by atoms with Gasteiger partial charge in [-0.2, -0.15) is 0 Å². The highest BCUT2D eigenvalue weighted by molar-refractivity contribution is 7.92. The van der Waals surface area contributed by atoms with E-state index in [1.807, 2.05) is 30.3 Å². The average Bonchev–Trinajstić information content (AvgIpc) is 2.80. The van der Waals surface area contributed by atoms with Gasteiger partial charge < -0.3 is 9.64 Å². The molecule has 1 fully saturated rings. The predicted octanol–water partition coefficient (Wildman–Crippen LogP) is 4.58. The van der Waals surface area contributed by atoms with Crippen molar-refractivity contribution >= 4 is 27.3 Å². The quantitative estimate of drug-likeness (QED) is 0.588. The van der Waals surface area contributed by atoms with Crippen molar-refractivity contribution in [2.45, 2.75) is 30.8 Å². The third-order valence-electron chi connectivity index (χ3n) is 5.14. The number of ether oxygens (including phenoxy) is 1. The maximum atomic E-state index is 12.7. The zero-order valence-corrected chi connectivity index (χ0v) is 17.8. The number of piperidine rings is 1. The summed E-state index contributed by atoms with van der Waals surface area (Å²) in [4.78, 5) is 13.9. The van der Waals surface area contributed by atoms with E-state index in [2.05, 4.69) is 4.72 Å². The molecule has 1 saturated heterocycles. The number of benzene rings is 3. The lowest BCUT2D eigenvalue weighted by Gasteiger charge is -2.26. The molecule has 3 aromatic rings. The third-order valence-corrected chi connectivity index (χ3v) is 6.53. The highest BCUT2D eigenvalue weighted by Gasteiger charge is 2.21. The topological polar surface area (TPSA) is 75.7 Å². The van der Waals surface area contributed by atoms with Crippen LogP contribution in [-0.2, 0) is 21.4 Å². The Hall–Kier alpha value is -3.32. The first-order chi connectivity index (χ1) is 15.0. The Bertz CT molecular complexity index is 1130. The minimum Gasteiger partial charge on any atom is -0.489 e. The molecule has 7 heteroatoms. The molecule has 4 rings (SSSR count). The van der Waals surface area contributed by atoms with Crippen LogP contribution in [0.4, 0.5) is 11.4 Å². The number of nitrogens with zero attached hydrogens (tertiary/aromatic N) is 1. The van der Waals surface area contributed by atoms with E-state index >= 15 is 0 Å². The first kappa shape index (κ1) is 20.9. The minimum absolute atomic E-state index is 0.0783. The fourth-order valence-corrected chi connectivity index (χ4v) is 4.52. The van der Waals surface area contributed by atoms with Gasteiger partial charge in [-0.15, -0.1) is 0 Å². The van der Waals surface area contributed by atoms with Gasteiger partial charge in [0, 0.05) is 24.3 Å². The summed E-state index contributed by atoms with van der Waals surface area (Å²) < 4.78 is 33.8.